The van der Waals surface area contributed by atoms with Crippen LogP contribution in [-0.4, -0.2) is 22.2 Å². The van der Waals surface area contributed by atoms with Crippen molar-refractivity contribution < 1.29 is 24.2 Å². The maximum atomic E-state index is 12.7. The third-order valence-corrected chi connectivity index (χ3v) is 1.44. The van der Waals surface area contributed by atoms with Gasteiger partial charge in [-0.2, -0.15) is 0 Å². The Morgan fingerprint density at radius 3 is 2.23 bits per heavy atom. The van der Waals surface area contributed by atoms with Gasteiger partial charge in [0.05, 0.1) is 11.1 Å². The Hall–Kier alpha value is -1.91. The van der Waals surface area contributed by atoms with Crippen LogP contribution in [0.5, 0.6) is 0 Å². The van der Waals surface area contributed by atoms with Crippen LogP contribution in [0.4, 0.5) is 4.39 Å². The van der Waals surface area contributed by atoms with Crippen LogP contribution in [0.2, 0.25) is 0 Å². The first-order chi connectivity index (χ1) is 6.02. The number of hydrogen-bond donors (Lipinski definition) is 2. The first-order valence-electron chi connectivity index (χ1n) is 3.28. The molecule has 0 aliphatic heterocycles. The van der Waals surface area contributed by atoms with Crippen molar-refractivity contribution >= 4 is 11.9 Å². The summed E-state index contributed by atoms with van der Waals surface area (Å²) in [6.45, 7) is 0. The quantitative estimate of drug-likeness (QED) is 0.724. The van der Waals surface area contributed by atoms with E-state index < -0.39 is 23.3 Å². The molecule has 1 aromatic carbocycles. The monoisotopic (exact) mass is 184 g/mol. The fraction of sp³-hybridized carbons (Fsp3) is 0. The first-order valence-corrected chi connectivity index (χ1v) is 3.28. The maximum absolute atomic E-state index is 12.7. The minimum atomic E-state index is -1.49. The van der Waals surface area contributed by atoms with Gasteiger partial charge in [-0.15, -0.1) is 0 Å². The number of carboxylic acids is 2. The highest BCUT2D eigenvalue weighted by Crippen LogP contribution is 2.10. The normalized spacial score (nSPS) is 9.62. The molecule has 0 amide bonds. The second-order valence-electron chi connectivity index (χ2n) is 2.30. The van der Waals surface area contributed by atoms with Gasteiger partial charge in [-0.25, -0.2) is 14.0 Å². The fourth-order valence-electron chi connectivity index (χ4n) is 0.822. The van der Waals surface area contributed by atoms with E-state index in [0.717, 1.165) is 18.2 Å². The maximum Gasteiger partial charge on any atom is 0.338 e. The summed E-state index contributed by atoms with van der Waals surface area (Å²) in [7, 11) is 0. The van der Waals surface area contributed by atoms with Crippen molar-refractivity contribution in [2.45, 2.75) is 0 Å². The Labute approximate surface area is 72.2 Å². The molecule has 0 saturated carbocycles. The van der Waals surface area contributed by atoms with Crippen molar-refractivity contribution in [3.05, 3.63) is 35.1 Å². The molecule has 0 saturated heterocycles. The standard InChI is InChI=1S/C8H5FO4/c9-6-2-1-4(7(10)11)3-5(6)8(12)13/h1-3H,(H,10,11)(H,12,13). The molecule has 0 atom stereocenters. The van der Waals surface area contributed by atoms with Crippen molar-refractivity contribution in [1.82, 2.24) is 0 Å². The van der Waals surface area contributed by atoms with Crippen LogP contribution in [0.3, 0.4) is 0 Å². The second-order valence-corrected chi connectivity index (χ2v) is 2.30. The van der Waals surface area contributed by atoms with Gasteiger partial charge in [0, 0.05) is 0 Å². The van der Waals surface area contributed by atoms with E-state index >= 15 is 0 Å². The number of aromatic carboxylic acids is 2. The summed E-state index contributed by atoms with van der Waals surface area (Å²) >= 11 is 0. The van der Waals surface area contributed by atoms with Gasteiger partial charge in [0.15, 0.2) is 0 Å². The number of hydrogen-bond acceptors (Lipinski definition) is 2. The van der Waals surface area contributed by atoms with E-state index in [4.69, 9.17) is 10.2 Å². The highest BCUT2D eigenvalue weighted by molar-refractivity contribution is 5.93. The third kappa shape index (κ3) is 1.81. The van der Waals surface area contributed by atoms with Gasteiger partial charge < -0.3 is 10.2 Å². The van der Waals surface area contributed by atoms with Crippen LogP contribution in [0, 0.1) is 5.82 Å². The van der Waals surface area contributed by atoms with Crippen molar-refractivity contribution in [2.75, 3.05) is 0 Å². The van der Waals surface area contributed by atoms with Gasteiger partial charge in [0.25, 0.3) is 0 Å². The summed E-state index contributed by atoms with van der Waals surface area (Å²) in [5.41, 5.74) is -0.890. The summed E-state index contributed by atoms with van der Waals surface area (Å²) in [5.74, 6) is -3.72. The van der Waals surface area contributed by atoms with Crippen LogP contribution >= 0.6 is 0 Å². The SMILES string of the molecule is O=C(O)c1ccc(F)c(C(=O)O)c1. The lowest BCUT2D eigenvalue weighted by Crippen LogP contribution is -2.04. The molecule has 4 nitrogen and oxygen atoms in total. The van der Waals surface area contributed by atoms with Crippen LogP contribution in [-0.2, 0) is 0 Å². The smallest absolute Gasteiger partial charge is 0.338 e. The average Bonchev–Trinajstić information content (AvgIpc) is 2.04. The molecule has 0 heterocycles. The molecular weight excluding hydrogens is 179 g/mol. The molecule has 0 radical (unpaired) electrons. The van der Waals surface area contributed by atoms with E-state index in [1.165, 1.54) is 0 Å². The molecule has 5 heteroatoms. The highest BCUT2D eigenvalue weighted by atomic mass is 19.1. The molecule has 0 aliphatic carbocycles. The van der Waals surface area contributed by atoms with Gasteiger partial charge in [0.1, 0.15) is 5.82 Å². The summed E-state index contributed by atoms with van der Waals surface area (Å²) < 4.78 is 12.7. The van der Waals surface area contributed by atoms with E-state index in [1.54, 1.807) is 0 Å². The molecule has 1 rings (SSSR count). The Morgan fingerprint density at radius 2 is 1.77 bits per heavy atom. The lowest BCUT2D eigenvalue weighted by molar-refractivity contribution is 0.0692. The molecule has 2 N–H and O–H groups in total. The van der Waals surface area contributed by atoms with Crippen LogP contribution in [0.1, 0.15) is 20.7 Å². The zero-order valence-electron chi connectivity index (χ0n) is 6.32. The Balaban J connectivity index is 3.27. The van der Waals surface area contributed by atoms with Crippen molar-refractivity contribution in [3.63, 3.8) is 0 Å². The lowest BCUT2D eigenvalue weighted by Gasteiger charge is -1.98. The molecule has 0 unspecified atom stereocenters. The zero-order chi connectivity index (χ0) is 10.0. The topological polar surface area (TPSA) is 74.6 Å². The number of carboxylic acid groups (broad SMARTS) is 2. The number of rotatable bonds is 2. The molecule has 0 spiro atoms. The van der Waals surface area contributed by atoms with Gasteiger partial charge >= 0.3 is 11.9 Å². The molecule has 1 aromatic rings. The first kappa shape index (κ1) is 9.18. The zero-order valence-corrected chi connectivity index (χ0v) is 6.32. The molecule has 13 heavy (non-hydrogen) atoms. The van der Waals surface area contributed by atoms with Crippen LogP contribution in [0.25, 0.3) is 0 Å². The van der Waals surface area contributed by atoms with E-state index in [2.05, 4.69) is 0 Å². The number of benzene rings is 1. The van der Waals surface area contributed by atoms with Crippen molar-refractivity contribution in [1.29, 1.82) is 0 Å². The molecular formula is C8H5FO4. The molecule has 0 aromatic heterocycles. The third-order valence-electron chi connectivity index (χ3n) is 1.44. The van der Waals surface area contributed by atoms with Gasteiger partial charge in [0.2, 0.25) is 0 Å². The Bertz CT molecular complexity index is 372. The van der Waals surface area contributed by atoms with Gasteiger partial charge in [-0.3, -0.25) is 0 Å². The number of carbonyl (C=O) groups is 2. The van der Waals surface area contributed by atoms with Crippen molar-refractivity contribution in [2.24, 2.45) is 0 Å². The predicted molar refractivity (Wildman–Crippen MR) is 40.3 cm³/mol. The van der Waals surface area contributed by atoms with Crippen LogP contribution < -0.4 is 0 Å². The number of halogens is 1. The molecule has 0 aliphatic rings. The van der Waals surface area contributed by atoms with E-state index in [-0.39, 0.29) is 5.56 Å². The van der Waals surface area contributed by atoms with E-state index in [0.29, 0.717) is 0 Å². The second kappa shape index (κ2) is 3.22. The summed E-state index contributed by atoms with van der Waals surface area (Å²) in [6, 6.07) is 2.59. The summed E-state index contributed by atoms with van der Waals surface area (Å²) in [6.07, 6.45) is 0. The largest absolute Gasteiger partial charge is 0.478 e. The van der Waals surface area contributed by atoms with E-state index in [9.17, 15) is 14.0 Å². The Morgan fingerprint density at radius 1 is 1.15 bits per heavy atom. The van der Waals surface area contributed by atoms with E-state index in [1.807, 2.05) is 0 Å². The molecule has 68 valence electrons. The molecule has 0 fully saturated rings. The predicted octanol–water partition coefficient (Wildman–Crippen LogP) is 1.22. The minimum absolute atomic E-state index is 0.251. The van der Waals surface area contributed by atoms with Gasteiger partial charge in [-0.1, -0.05) is 0 Å². The molecule has 0 bridgehead atoms. The fourth-order valence-corrected chi connectivity index (χ4v) is 0.822. The summed E-state index contributed by atoms with van der Waals surface area (Å²) in [4.78, 5) is 20.7. The average molecular weight is 184 g/mol. The van der Waals surface area contributed by atoms with Crippen molar-refractivity contribution in [3.8, 4) is 0 Å². The minimum Gasteiger partial charge on any atom is -0.478 e. The Kier molecular flexibility index (Phi) is 2.27. The highest BCUT2D eigenvalue weighted by Gasteiger charge is 2.13. The van der Waals surface area contributed by atoms with Crippen LogP contribution in [0.15, 0.2) is 18.2 Å². The summed E-state index contributed by atoms with van der Waals surface area (Å²) in [5, 5.41) is 16.9. The lowest BCUT2D eigenvalue weighted by atomic mass is 10.1. The van der Waals surface area contributed by atoms with Gasteiger partial charge in [-0.05, 0) is 18.2 Å².